The Hall–Kier alpha value is -0.610. The number of amides is 1. The minimum absolute atomic E-state index is 0.245. The van der Waals surface area contributed by atoms with E-state index in [4.69, 9.17) is 4.74 Å². The zero-order valence-corrected chi connectivity index (χ0v) is 9.82. The molecule has 2 bridgehead atoms. The number of nitrogens with one attached hydrogen (secondary N) is 1. The molecule has 0 radical (unpaired) electrons. The summed E-state index contributed by atoms with van der Waals surface area (Å²) in [4.78, 5) is 14.3. The van der Waals surface area contributed by atoms with Gasteiger partial charge in [-0.1, -0.05) is 0 Å². The molecule has 4 unspecified atom stereocenters. The van der Waals surface area contributed by atoms with E-state index in [1.807, 2.05) is 4.90 Å². The smallest absolute Gasteiger partial charge is 0.227 e. The van der Waals surface area contributed by atoms with Crippen LogP contribution in [0.3, 0.4) is 0 Å². The second-order valence-electron chi connectivity index (χ2n) is 5.32. The number of carbonyl (C=O) groups excluding carboxylic acids is 1. The number of rotatable bonds is 2. The van der Waals surface area contributed by atoms with Gasteiger partial charge in [-0.15, -0.1) is 0 Å². The Kier molecular flexibility index (Phi) is 2.64. The van der Waals surface area contributed by atoms with Crippen LogP contribution < -0.4 is 5.32 Å². The SMILES string of the molecule is COC1CCN(C(=O)C2CC3CCC2N3)C1. The molecule has 0 aromatic rings. The molecule has 90 valence electrons. The number of hydrogen-bond acceptors (Lipinski definition) is 3. The highest BCUT2D eigenvalue weighted by molar-refractivity contribution is 5.80. The Morgan fingerprint density at radius 1 is 1.38 bits per heavy atom. The van der Waals surface area contributed by atoms with E-state index in [2.05, 4.69) is 5.32 Å². The second-order valence-corrected chi connectivity index (χ2v) is 5.32. The largest absolute Gasteiger partial charge is 0.380 e. The predicted octanol–water partition coefficient (Wildman–Crippen LogP) is 0.374. The van der Waals surface area contributed by atoms with Gasteiger partial charge in [-0.05, 0) is 25.7 Å². The molecule has 4 atom stereocenters. The fourth-order valence-electron chi connectivity index (χ4n) is 3.45. The van der Waals surface area contributed by atoms with Crippen molar-refractivity contribution in [2.45, 2.75) is 43.9 Å². The Bertz CT molecular complexity index is 295. The summed E-state index contributed by atoms with van der Waals surface area (Å²) in [6, 6.07) is 1.07. The molecule has 3 fully saturated rings. The van der Waals surface area contributed by atoms with Crippen molar-refractivity contribution >= 4 is 5.91 Å². The van der Waals surface area contributed by atoms with Crippen LogP contribution in [0.15, 0.2) is 0 Å². The van der Waals surface area contributed by atoms with Crippen molar-refractivity contribution in [1.82, 2.24) is 10.2 Å². The van der Waals surface area contributed by atoms with Crippen LogP contribution in [0.25, 0.3) is 0 Å². The molecule has 0 saturated carbocycles. The first-order valence-corrected chi connectivity index (χ1v) is 6.35. The van der Waals surface area contributed by atoms with Gasteiger partial charge in [0.15, 0.2) is 0 Å². The van der Waals surface area contributed by atoms with Gasteiger partial charge < -0.3 is 15.0 Å². The van der Waals surface area contributed by atoms with Crippen LogP contribution in [0, 0.1) is 5.92 Å². The maximum Gasteiger partial charge on any atom is 0.227 e. The van der Waals surface area contributed by atoms with E-state index in [1.54, 1.807) is 7.11 Å². The van der Waals surface area contributed by atoms with Crippen LogP contribution in [0.2, 0.25) is 0 Å². The summed E-state index contributed by atoms with van der Waals surface area (Å²) in [5, 5.41) is 3.53. The van der Waals surface area contributed by atoms with Gasteiger partial charge in [0.1, 0.15) is 0 Å². The van der Waals surface area contributed by atoms with Crippen LogP contribution in [0.5, 0.6) is 0 Å². The summed E-state index contributed by atoms with van der Waals surface area (Å²) in [5.41, 5.74) is 0. The lowest BCUT2D eigenvalue weighted by molar-refractivity contribution is -0.135. The maximum atomic E-state index is 12.3. The summed E-state index contributed by atoms with van der Waals surface area (Å²) in [5.74, 6) is 0.605. The Balaban J connectivity index is 1.61. The molecule has 0 aromatic carbocycles. The zero-order valence-electron chi connectivity index (χ0n) is 9.82. The van der Waals surface area contributed by atoms with E-state index in [-0.39, 0.29) is 12.0 Å². The van der Waals surface area contributed by atoms with Crippen LogP contribution in [-0.2, 0) is 9.53 Å². The molecule has 3 aliphatic heterocycles. The fraction of sp³-hybridized carbons (Fsp3) is 0.917. The summed E-state index contributed by atoms with van der Waals surface area (Å²) in [6.07, 6.45) is 4.75. The summed E-state index contributed by atoms with van der Waals surface area (Å²) in [7, 11) is 1.73. The molecule has 0 aliphatic carbocycles. The molecule has 0 spiro atoms. The second kappa shape index (κ2) is 4.00. The first-order valence-electron chi connectivity index (χ1n) is 6.35. The number of likely N-dealkylation sites (tertiary alicyclic amines) is 1. The molecule has 1 N–H and O–H groups in total. The van der Waals surface area contributed by atoms with Gasteiger partial charge in [0.25, 0.3) is 0 Å². The highest BCUT2D eigenvalue weighted by Gasteiger charge is 2.45. The third-order valence-electron chi connectivity index (χ3n) is 4.41. The van der Waals surface area contributed by atoms with Gasteiger partial charge >= 0.3 is 0 Å². The lowest BCUT2D eigenvalue weighted by Crippen LogP contribution is -2.40. The summed E-state index contributed by atoms with van der Waals surface area (Å²) < 4.78 is 5.31. The molecule has 0 aromatic heterocycles. The van der Waals surface area contributed by atoms with Crippen LogP contribution in [-0.4, -0.2) is 49.2 Å². The van der Waals surface area contributed by atoms with E-state index in [1.165, 1.54) is 12.8 Å². The average molecular weight is 224 g/mol. The van der Waals surface area contributed by atoms with E-state index >= 15 is 0 Å². The van der Waals surface area contributed by atoms with Gasteiger partial charge in [0, 0.05) is 32.3 Å². The van der Waals surface area contributed by atoms with E-state index in [0.717, 1.165) is 25.9 Å². The molecule has 3 saturated heterocycles. The molecule has 3 rings (SSSR count). The highest BCUT2D eigenvalue weighted by Crippen LogP contribution is 2.34. The maximum absolute atomic E-state index is 12.3. The summed E-state index contributed by atoms with van der Waals surface area (Å²) in [6.45, 7) is 1.68. The predicted molar refractivity (Wildman–Crippen MR) is 60.0 cm³/mol. The number of hydrogen-bond donors (Lipinski definition) is 1. The van der Waals surface area contributed by atoms with Gasteiger partial charge in [-0.3, -0.25) is 4.79 Å². The lowest BCUT2D eigenvalue weighted by Gasteiger charge is -2.25. The van der Waals surface area contributed by atoms with Crippen LogP contribution in [0.1, 0.15) is 25.7 Å². The Labute approximate surface area is 96.3 Å². The number of methoxy groups -OCH3 is 1. The molecule has 3 heterocycles. The van der Waals surface area contributed by atoms with Crippen LogP contribution in [0.4, 0.5) is 0 Å². The van der Waals surface area contributed by atoms with Crippen molar-refractivity contribution in [1.29, 1.82) is 0 Å². The van der Waals surface area contributed by atoms with E-state index in [9.17, 15) is 4.79 Å². The standard InChI is InChI=1S/C12H20N2O2/c1-16-9-4-5-14(7-9)12(15)10-6-8-2-3-11(10)13-8/h8-11,13H,2-7H2,1H3. The van der Waals surface area contributed by atoms with E-state index in [0.29, 0.717) is 18.0 Å². The number of ether oxygens (including phenoxy) is 1. The first-order chi connectivity index (χ1) is 7.78. The van der Waals surface area contributed by atoms with Gasteiger partial charge in [0.05, 0.1) is 12.0 Å². The van der Waals surface area contributed by atoms with Gasteiger partial charge in [-0.25, -0.2) is 0 Å². The van der Waals surface area contributed by atoms with Gasteiger partial charge in [-0.2, -0.15) is 0 Å². The quantitative estimate of drug-likeness (QED) is 0.737. The van der Waals surface area contributed by atoms with Crippen LogP contribution >= 0.6 is 0 Å². The topological polar surface area (TPSA) is 41.6 Å². The molecular weight excluding hydrogens is 204 g/mol. The summed E-state index contributed by atoms with van der Waals surface area (Å²) >= 11 is 0. The van der Waals surface area contributed by atoms with Crippen molar-refractivity contribution < 1.29 is 9.53 Å². The van der Waals surface area contributed by atoms with Crippen molar-refractivity contribution in [2.24, 2.45) is 5.92 Å². The highest BCUT2D eigenvalue weighted by atomic mass is 16.5. The number of carbonyl (C=O) groups is 1. The zero-order chi connectivity index (χ0) is 11.1. The third kappa shape index (κ3) is 1.64. The normalized spacial score (nSPS) is 41.9. The minimum atomic E-state index is 0.245. The van der Waals surface area contributed by atoms with Crippen molar-refractivity contribution in [3.8, 4) is 0 Å². The van der Waals surface area contributed by atoms with Crippen molar-refractivity contribution in [3.05, 3.63) is 0 Å². The molecular formula is C12H20N2O2. The minimum Gasteiger partial charge on any atom is -0.380 e. The van der Waals surface area contributed by atoms with Crippen molar-refractivity contribution in [2.75, 3.05) is 20.2 Å². The third-order valence-corrected chi connectivity index (χ3v) is 4.41. The monoisotopic (exact) mass is 224 g/mol. The van der Waals surface area contributed by atoms with E-state index < -0.39 is 0 Å². The van der Waals surface area contributed by atoms with Crippen molar-refractivity contribution in [3.63, 3.8) is 0 Å². The lowest BCUT2D eigenvalue weighted by atomic mass is 9.88. The number of nitrogens with zero attached hydrogens (tertiary/aromatic N) is 1. The molecule has 16 heavy (non-hydrogen) atoms. The van der Waals surface area contributed by atoms with Gasteiger partial charge in [0.2, 0.25) is 5.91 Å². The first kappa shape index (κ1) is 10.5. The Morgan fingerprint density at radius 2 is 2.25 bits per heavy atom. The molecule has 3 aliphatic rings. The Morgan fingerprint density at radius 3 is 2.81 bits per heavy atom. The number of fused-ring (bicyclic) bond motifs is 2. The molecule has 4 heteroatoms. The fourth-order valence-corrected chi connectivity index (χ4v) is 3.45. The molecule has 1 amide bonds. The molecule has 4 nitrogen and oxygen atoms in total. The average Bonchev–Trinajstić information content (AvgIpc) is 3.03.